The Hall–Kier alpha value is -3.31. The molecule has 30 heavy (non-hydrogen) atoms. The number of carbonyl (C=O) groups excluding carboxylic acids is 1. The number of carbonyl (C=O) groups is 1. The first-order valence-electron chi connectivity index (χ1n) is 10.0. The molecule has 0 saturated carbocycles. The highest BCUT2D eigenvalue weighted by molar-refractivity contribution is 5.91. The fraction of sp³-hybridized carbons (Fsp3) is 0.240. The molecule has 5 heteroatoms. The van der Waals surface area contributed by atoms with Crippen LogP contribution in [0.4, 0.5) is 5.69 Å². The number of rotatable bonds is 10. The van der Waals surface area contributed by atoms with Gasteiger partial charge in [-0.25, -0.2) is 0 Å². The van der Waals surface area contributed by atoms with E-state index in [1.165, 1.54) is 5.56 Å². The van der Waals surface area contributed by atoms with Crippen LogP contribution in [-0.2, 0) is 17.8 Å². The van der Waals surface area contributed by atoms with Gasteiger partial charge in [0.25, 0.3) is 5.91 Å². The van der Waals surface area contributed by atoms with Gasteiger partial charge in [-0.05, 0) is 61.3 Å². The molecule has 0 aromatic heterocycles. The van der Waals surface area contributed by atoms with Crippen molar-refractivity contribution in [3.8, 4) is 11.5 Å². The third-order valence-corrected chi connectivity index (χ3v) is 4.72. The molecule has 0 heterocycles. The van der Waals surface area contributed by atoms with Crippen LogP contribution in [0.15, 0.2) is 72.8 Å². The van der Waals surface area contributed by atoms with Crippen LogP contribution in [0, 0.1) is 6.92 Å². The monoisotopic (exact) mass is 404 g/mol. The molecular weight excluding hydrogens is 376 g/mol. The number of para-hydroxylation sites is 1. The van der Waals surface area contributed by atoms with Gasteiger partial charge in [0, 0.05) is 12.2 Å². The van der Waals surface area contributed by atoms with Crippen LogP contribution >= 0.6 is 0 Å². The van der Waals surface area contributed by atoms with E-state index in [9.17, 15) is 4.79 Å². The molecule has 1 amide bonds. The van der Waals surface area contributed by atoms with Crippen molar-refractivity contribution in [1.29, 1.82) is 0 Å². The molecule has 2 N–H and O–H groups in total. The van der Waals surface area contributed by atoms with Crippen LogP contribution < -0.4 is 20.1 Å². The molecule has 3 aromatic carbocycles. The van der Waals surface area contributed by atoms with Gasteiger partial charge in [-0.1, -0.05) is 48.0 Å². The number of amides is 1. The summed E-state index contributed by atoms with van der Waals surface area (Å²) in [6.45, 7) is 3.61. The van der Waals surface area contributed by atoms with Gasteiger partial charge >= 0.3 is 0 Å². The van der Waals surface area contributed by atoms with Crippen LogP contribution in [0.2, 0.25) is 0 Å². The number of ether oxygens (including phenoxy) is 2. The first-order valence-corrected chi connectivity index (χ1v) is 10.0. The Balaban J connectivity index is 1.38. The van der Waals surface area contributed by atoms with Crippen LogP contribution in [0.1, 0.15) is 16.7 Å². The Bertz CT molecular complexity index is 937. The molecule has 0 aliphatic rings. The predicted octanol–water partition coefficient (Wildman–Crippen LogP) is 4.35. The van der Waals surface area contributed by atoms with Crippen molar-refractivity contribution in [2.24, 2.45) is 0 Å². The first kappa shape index (κ1) is 21.4. The van der Waals surface area contributed by atoms with Gasteiger partial charge in [-0.3, -0.25) is 4.79 Å². The van der Waals surface area contributed by atoms with E-state index in [1.807, 2.05) is 73.7 Å². The third kappa shape index (κ3) is 6.64. The van der Waals surface area contributed by atoms with Crippen molar-refractivity contribution < 1.29 is 14.3 Å². The second-order valence-electron chi connectivity index (χ2n) is 7.09. The van der Waals surface area contributed by atoms with Gasteiger partial charge in [-0.2, -0.15) is 0 Å². The van der Waals surface area contributed by atoms with Crippen molar-refractivity contribution in [1.82, 2.24) is 5.32 Å². The van der Waals surface area contributed by atoms with Gasteiger partial charge in [0.15, 0.2) is 6.61 Å². The quantitative estimate of drug-likeness (QED) is 0.493. The van der Waals surface area contributed by atoms with Crippen LogP contribution in [-0.4, -0.2) is 26.2 Å². The number of nitrogens with one attached hydrogen (secondary N) is 2. The molecule has 0 unspecified atom stereocenters. The van der Waals surface area contributed by atoms with Crippen molar-refractivity contribution in [3.63, 3.8) is 0 Å². The average Bonchev–Trinajstić information content (AvgIpc) is 2.78. The van der Waals surface area contributed by atoms with Gasteiger partial charge in [0.1, 0.15) is 11.5 Å². The Labute approximate surface area is 178 Å². The highest BCUT2D eigenvalue weighted by atomic mass is 16.5. The largest absolute Gasteiger partial charge is 0.496 e. The molecule has 0 aliphatic carbocycles. The zero-order valence-corrected chi connectivity index (χ0v) is 17.5. The minimum absolute atomic E-state index is 0.0234. The highest BCUT2D eigenvalue weighted by Gasteiger charge is 2.04. The number of hydrogen-bond donors (Lipinski definition) is 2. The van der Waals surface area contributed by atoms with E-state index >= 15 is 0 Å². The Morgan fingerprint density at radius 2 is 1.67 bits per heavy atom. The molecule has 5 nitrogen and oxygen atoms in total. The summed E-state index contributed by atoms with van der Waals surface area (Å²) < 4.78 is 11.0. The zero-order chi connectivity index (χ0) is 21.2. The Morgan fingerprint density at radius 3 is 2.40 bits per heavy atom. The maximum absolute atomic E-state index is 12.0. The lowest BCUT2D eigenvalue weighted by Gasteiger charge is -2.10. The molecule has 0 bridgehead atoms. The molecule has 0 atom stereocenters. The van der Waals surface area contributed by atoms with Crippen LogP contribution in [0.25, 0.3) is 0 Å². The van der Waals surface area contributed by atoms with Crippen molar-refractivity contribution >= 4 is 11.6 Å². The summed E-state index contributed by atoms with van der Waals surface area (Å²) in [6, 6.07) is 23.5. The minimum atomic E-state index is -0.180. The van der Waals surface area contributed by atoms with E-state index in [4.69, 9.17) is 9.47 Å². The van der Waals surface area contributed by atoms with Crippen molar-refractivity contribution in [3.05, 3.63) is 89.5 Å². The van der Waals surface area contributed by atoms with Crippen LogP contribution in [0.5, 0.6) is 11.5 Å². The van der Waals surface area contributed by atoms with Crippen molar-refractivity contribution in [2.45, 2.75) is 19.9 Å². The number of anilines is 1. The summed E-state index contributed by atoms with van der Waals surface area (Å²) in [5.74, 6) is 1.42. The molecule has 3 rings (SSSR count). The van der Waals surface area contributed by atoms with Gasteiger partial charge < -0.3 is 20.1 Å². The molecule has 3 aromatic rings. The second-order valence-corrected chi connectivity index (χ2v) is 7.09. The topological polar surface area (TPSA) is 59.6 Å². The normalized spacial score (nSPS) is 10.5. The van der Waals surface area contributed by atoms with Crippen LogP contribution in [0.3, 0.4) is 0 Å². The molecule has 0 saturated heterocycles. The smallest absolute Gasteiger partial charge is 0.262 e. The van der Waals surface area contributed by atoms with E-state index in [-0.39, 0.29) is 12.5 Å². The van der Waals surface area contributed by atoms with Gasteiger partial charge in [-0.15, -0.1) is 0 Å². The molecular formula is C25H28N2O3. The van der Waals surface area contributed by atoms with Gasteiger partial charge in [0.2, 0.25) is 0 Å². The minimum Gasteiger partial charge on any atom is -0.496 e. The fourth-order valence-corrected chi connectivity index (χ4v) is 3.05. The van der Waals surface area contributed by atoms with E-state index in [2.05, 4.69) is 16.7 Å². The summed E-state index contributed by atoms with van der Waals surface area (Å²) >= 11 is 0. The summed E-state index contributed by atoms with van der Waals surface area (Å²) in [7, 11) is 1.70. The maximum atomic E-state index is 12.0. The van der Waals surface area contributed by atoms with E-state index in [0.717, 1.165) is 42.1 Å². The molecule has 0 spiro atoms. The van der Waals surface area contributed by atoms with E-state index in [0.29, 0.717) is 5.75 Å². The summed E-state index contributed by atoms with van der Waals surface area (Å²) in [5, 5.41) is 6.27. The van der Waals surface area contributed by atoms with E-state index < -0.39 is 0 Å². The number of hydrogen-bond acceptors (Lipinski definition) is 4. The molecule has 0 fully saturated rings. The molecule has 0 aliphatic heterocycles. The number of aryl methyl sites for hydroxylation is 1. The first-order chi connectivity index (χ1) is 14.6. The van der Waals surface area contributed by atoms with Crippen molar-refractivity contribution in [2.75, 3.05) is 25.6 Å². The fourth-order valence-electron chi connectivity index (χ4n) is 3.05. The lowest BCUT2D eigenvalue weighted by atomic mass is 10.1. The lowest BCUT2D eigenvalue weighted by Crippen LogP contribution is -2.20. The highest BCUT2D eigenvalue weighted by Crippen LogP contribution is 2.17. The standard InChI is InChI=1S/C25H28N2O3/c1-19-7-11-22(12-8-19)27-25(28)18-30-23-13-9-20(10-14-23)17-26-16-15-21-5-3-4-6-24(21)29-2/h3-14,26H,15-18H2,1-2H3,(H,27,28). The summed E-state index contributed by atoms with van der Waals surface area (Å²) in [5.41, 5.74) is 4.27. The molecule has 156 valence electrons. The van der Waals surface area contributed by atoms with Gasteiger partial charge in [0.05, 0.1) is 7.11 Å². The predicted molar refractivity (Wildman–Crippen MR) is 120 cm³/mol. The third-order valence-electron chi connectivity index (χ3n) is 4.72. The summed E-state index contributed by atoms with van der Waals surface area (Å²) in [4.78, 5) is 12.0. The maximum Gasteiger partial charge on any atom is 0.262 e. The SMILES string of the molecule is COc1ccccc1CCNCc1ccc(OCC(=O)Nc2ccc(C)cc2)cc1. The average molecular weight is 405 g/mol. The second kappa shape index (κ2) is 11.0. The molecule has 0 radical (unpaired) electrons. The summed E-state index contributed by atoms with van der Waals surface area (Å²) in [6.07, 6.45) is 0.904. The zero-order valence-electron chi connectivity index (χ0n) is 17.5. The Morgan fingerprint density at radius 1 is 0.933 bits per heavy atom. The number of benzene rings is 3. The number of methoxy groups -OCH3 is 1. The Kier molecular flexibility index (Phi) is 7.86. The lowest BCUT2D eigenvalue weighted by molar-refractivity contribution is -0.118. The van der Waals surface area contributed by atoms with E-state index in [1.54, 1.807) is 7.11 Å².